The lowest BCUT2D eigenvalue weighted by atomic mass is 10.0. The van der Waals surface area contributed by atoms with Gasteiger partial charge in [0.15, 0.2) is 0 Å². The van der Waals surface area contributed by atoms with Gasteiger partial charge in [-0.2, -0.15) is 0 Å². The average Bonchev–Trinajstić information content (AvgIpc) is 2.86. The lowest BCUT2D eigenvalue weighted by molar-refractivity contribution is -0.0172. The third-order valence-electron chi connectivity index (χ3n) is 3.41. The topological polar surface area (TPSA) is 43.4 Å². The van der Waals surface area contributed by atoms with Gasteiger partial charge in [0.25, 0.3) is 0 Å². The number of aromatic nitrogens is 1. The largest absolute Gasteiger partial charge is 0.378 e. The van der Waals surface area contributed by atoms with Crippen LogP contribution in [0.3, 0.4) is 0 Å². The van der Waals surface area contributed by atoms with E-state index >= 15 is 0 Å². The van der Waals surface area contributed by atoms with Crippen molar-refractivity contribution in [1.29, 1.82) is 0 Å². The van der Waals surface area contributed by atoms with Crippen LogP contribution in [-0.4, -0.2) is 37.5 Å². The number of nitrogens with one attached hydrogen (secondary N) is 1. The van der Waals surface area contributed by atoms with Crippen LogP contribution in [0.5, 0.6) is 0 Å². The first-order valence-electron chi connectivity index (χ1n) is 6.02. The molecule has 17 heavy (non-hydrogen) atoms. The van der Waals surface area contributed by atoms with Gasteiger partial charge in [0.05, 0.1) is 6.61 Å². The van der Waals surface area contributed by atoms with E-state index in [1.54, 1.807) is 13.3 Å². The van der Waals surface area contributed by atoms with E-state index in [0.29, 0.717) is 6.61 Å². The summed E-state index contributed by atoms with van der Waals surface area (Å²) in [5.41, 5.74) is 1.04. The normalized spacial score (nSPS) is 26.0. The van der Waals surface area contributed by atoms with Gasteiger partial charge < -0.3 is 14.8 Å². The Balaban J connectivity index is 1.89. The molecule has 1 saturated heterocycles. The van der Waals surface area contributed by atoms with E-state index in [1.165, 1.54) is 5.56 Å². The monoisotopic (exact) mass is 236 g/mol. The molecule has 0 spiro atoms. The van der Waals surface area contributed by atoms with Gasteiger partial charge in [-0.3, -0.25) is 4.98 Å². The molecule has 2 rings (SSSR count). The minimum atomic E-state index is -0.156. The molecule has 1 aromatic rings. The van der Waals surface area contributed by atoms with Gasteiger partial charge in [0.2, 0.25) is 0 Å². The van der Waals surface area contributed by atoms with Gasteiger partial charge in [0, 0.05) is 45.1 Å². The van der Waals surface area contributed by atoms with Crippen molar-refractivity contribution in [3.05, 3.63) is 30.1 Å². The van der Waals surface area contributed by atoms with Crippen LogP contribution in [0.2, 0.25) is 0 Å². The predicted molar refractivity (Wildman–Crippen MR) is 65.8 cm³/mol. The van der Waals surface area contributed by atoms with Crippen molar-refractivity contribution in [3.63, 3.8) is 0 Å². The predicted octanol–water partition coefficient (Wildman–Crippen LogP) is 1.54. The fourth-order valence-corrected chi connectivity index (χ4v) is 2.05. The fourth-order valence-electron chi connectivity index (χ4n) is 2.05. The van der Waals surface area contributed by atoms with E-state index in [1.807, 2.05) is 12.3 Å². The quantitative estimate of drug-likeness (QED) is 0.842. The summed E-state index contributed by atoms with van der Waals surface area (Å²) in [6.07, 6.45) is 4.64. The zero-order chi connectivity index (χ0) is 12.1. The van der Waals surface area contributed by atoms with Gasteiger partial charge in [-0.05, 0) is 18.6 Å². The molecular formula is C13H20N2O2. The number of hydrogen-bond acceptors (Lipinski definition) is 4. The lowest BCUT2D eigenvalue weighted by Crippen LogP contribution is -2.43. The van der Waals surface area contributed by atoms with E-state index in [0.717, 1.165) is 19.6 Å². The van der Waals surface area contributed by atoms with Crippen LogP contribution < -0.4 is 5.32 Å². The van der Waals surface area contributed by atoms with Crippen molar-refractivity contribution < 1.29 is 9.47 Å². The van der Waals surface area contributed by atoms with Crippen molar-refractivity contribution in [3.8, 4) is 0 Å². The summed E-state index contributed by atoms with van der Waals surface area (Å²) in [6.45, 7) is 4.41. The van der Waals surface area contributed by atoms with E-state index in [4.69, 9.17) is 9.47 Å². The summed E-state index contributed by atoms with van der Waals surface area (Å²) >= 11 is 0. The molecule has 2 atom stereocenters. The Morgan fingerprint density at radius 3 is 3.12 bits per heavy atom. The Morgan fingerprint density at radius 1 is 1.65 bits per heavy atom. The third kappa shape index (κ3) is 3.03. The maximum absolute atomic E-state index is 5.58. The molecule has 1 N–H and O–H groups in total. The molecule has 0 saturated carbocycles. The highest BCUT2D eigenvalue weighted by atomic mass is 16.5. The maximum Gasteiger partial charge on any atom is 0.106 e. The molecule has 1 fully saturated rings. The average molecular weight is 236 g/mol. The molecule has 0 aliphatic carbocycles. The minimum Gasteiger partial charge on any atom is -0.378 e. The van der Waals surface area contributed by atoms with Crippen LogP contribution in [-0.2, 0) is 9.47 Å². The first-order valence-corrected chi connectivity index (χ1v) is 6.02. The number of ether oxygens (including phenoxy) is 2. The molecule has 1 aliphatic heterocycles. The fraction of sp³-hybridized carbons (Fsp3) is 0.615. The molecule has 4 nitrogen and oxygen atoms in total. The molecule has 2 heterocycles. The smallest absolute Gasteiger partial charge is 0.106 e. The van der Waals surface area contributed by atoms with Crippen molar-refractivity contribution >= 4 is 0 Å². The number of nitrogens with zero attached hydrogens (tertiary/aromatic N) is 1. The first kappa shape index (κ1) is 12.5. The summed E-state index contributed by atoms with van der Waals surface area (Å²) in [4.78, 5) is 4.13. The Bertz CT molecular complexity index is 337. The van der Waals surface area contributed by atoms with Crippen LogP contribution in [0, 0.1) is 0 Å². The second-order valence-corrected chi connectivity index (χ2v) is 4.58. The second kappa shape index (κ2) is 5.58. The van der Waals surface area contributed by atoms with Crippen molar-refractivity contribution in [2.24, 2.45) is 0 Å². The highest BCUT2D eigenvalue weighted by Gasteiger charge is 2.34. The van der Waals surface area contributed by atoms with Crippen LogP contribution in [0.1, 0.15) is 24.9 Å². The van der Waals surface area contributed by atoms with Gasteiger partial charge in [-0.15, -0.1) is 0 Å². The van der Waals surface area contributed by atoms with Crippen molar-refractivity contribution in [1.82, 2.24) is 10.3 Å². The highest BCUT2D eigenvalue weighted by Crippen LogP contribution is 2.22. The molecule has 0 radical (unpaired) electrons. The molecule has 0 aromatic carbocycles. The molecule has 4 heteroatoms. The third-order valence-corrected chi connectivity index (χ3v) is 3.41. The molecular weight excluding hydrogens is 216 g/mol. The standard InChI is InChI=1S/C13H20N2O2/c1-11(12-4-3-6-14-8-12)15-9-13(16-2)5-7-17-10-13/h3-4,6,8,11,15H,5,7,9-10H2,1-2H3. The van der Waals surface area contributed by atoms with Gasteiger partial charge >= 0.3 is 0 Å². The Hall–Kier alpha value is -0.970. The Labute approximate surface area is 102 Å². The Morgan fingerprint density at radius 2 is 2.53 bits per heavy atom. The number of rotatable bonds is 5. The van der Waals surface area contributed by atoms with E-state index in [9.17, 15) is 0 Å². The Kier molecular flexibility index (Phi) is 4.10. The van der Waals surface area contributed by atoms with Crippen LogP contribution in [0.4, 0.5) is 0 Å². The van der Waals surface area contributed by atoms with Gasteiger partial charge in [-0.25, -0.2) is 0 Å². The lowest BCUT2D eigenvalue weighted by Gasteiger charge is -2.28. The zero-order valence-electron chi connectivity index (χ0n) is 10.5. The number of methoxy groups -OCH3 is 1. The number of hydrogen-bond donors (Lipinski definition) is 1. The van der Waals surface area contributed by atoms with E-state index in [2.05, 4.69) is 23.3 Å². The van der Waals surface area contributed by atoms with Crippen molar-refractivity contribution in [2.75, 3.05) is 26.9 Å². The molecule has 0 amide bonds. The van der Waals surface area contributed by atoms with Crippen LogP contribution in [0.15, 0.2) is 24.5 Å². The van der Waals surface area contributed by atoms with Gasteiger partial charge in [0.1, 0.15) is 5.60 Å². The molecule has 1 aromatic heterocycles. The minimum absolute atomic E-state index is 0.156. The zero-order valence-corrected chi connectivity index (χ0v) is 10.5. The second-order valence-electron chi connectivity index (χ2n) is 4.58. The van der Waals surface area contributed by atoms with Crippen molar-refractivity contribution in [2.45, 2.75) is 25.0 Å². The summed E-state index contributed by atoms with van der Waals surface area (Å²) in [5.74, 6) is 0. The SMILES string of the molecule is COC1(CNC(C)c2cccnc2)CCOC1. The van der Waals surface area contributed by atoms with Crippen LogP contribution in [0.25, 0.3) is 0 Å². The van der Waals surface area contributed by atoms with E-state index < -0.39 is 0 Å². The summed E-state index contributed by atoms with van der Waals surface area (Å²) in [7, 11) is 1.76. The molecule has 2 unspecified atom stereocenters. The van der Waals surface area contributed by atoms with Gasteiger partial charge in [-0.1, -0.05) is 6.07 Å². The molecule has 0 bridgehead atoms. The number of pyridine rings is 1. The maximum atomic E-state index is 5.58. The first-order chi connectivity index (χ1) is 8.26. The summed E-state index contributed by atoms with van der Waals surface area (Å²) < 4.78 is 11.0. The summed E-state index contributed by atoms with van der Waals surface area (Å²) in [6, 6.07) is 4.31. The van der Waals surface area contributed by atoms with E-state index in [-0.39, 0.29) is 11.6 Å². The highest BCUT2D eigenvalue weighted by molar-refractivity contribution is 5.12. The molecule has 1 aliphatic rings. The molecule has 94 valence electrons. The summed E-state index contributed by atoms with van der Waals surface area (Å²) in [5, 5.41) is 3.49. The van der Waals surface area contributed by atoms with Crippen LogP contribution >= 0.6 is 0 Å².